The summed E-state index contributed by atoms with van der Waals surface area (Å²) in [6.45, 7) is 2.30. The molecule has 0 aliphatic heterocycles. The lowest BCUT2D eigenvalue weighted by Gasteiger charge is -2.12. The van der Waals surface area contributed by atoms with E-state index in [1.807, 2.05) is 85.8 Å². The number of benzene rings is 3. The first-order valence-electron chi connectivity index (χ1n) is 10.6. The molecule has 0 unspecified atom stereocenters. The molecule has 3 aromatic carbocycles. The van der Waals surface area contributed by atoms with Crippen molar-refractivity contribution in [3.8, 4) is 22.8 Å². The molecule has 166 valence electrons. The third kappa shape index (κ3) is 6.07. The Morgan fingerprint density at radius 1 is 0.818 bits per heavy atom. The van der Waals surface area contributed by atoms with Gasteiger partial charge in [0.1, 0.15) is 12.1 Å². The van der Waals surface area contributed by atoms with E-state index >= 15 is 0 Å². The summed E-state index contributed by atoms with van der Waals surface area (Å²) in [6, 6.07) is 26.4. The van der Waals surface area contributed by atoms with Crippen molar-refractivity contribution in [2.45, 2.75) is 6.92 Å². The van der Waals surface area contributed by atoms with Crippen molar-refractivity contribution in [2.24, 2.45) is 0 Å². The van der Waals surface area contributed by atoms with Crippen molar-refractivity contribution in [2.75, 3.05) is 23.8 Å². The van der Waals surface area contributed by atoms with Crippen LogP contribution in [0.1, 0.15) is 6.92 Å². The fourth-order valence-electron chi connectivity index (χ4n) is 3.16. The molecule has 4 rings (SSSR count). The molecule has 0 aliphatic rings. The van der Waals surface area contributed by atoms with Gasteiger partial charge in [-0.1, -0.05) is 42.5 Å². The normalized spacial score (nSPS) is 10.3. The van der Waals surface area contributed by atoms with Gasteiger partial charge in [0.25, 0.3) is 5.91 Å². The molecular formula is C26H24N4O3. The van der Waals surface area contributed by atoms with Crippen molar-refractivity contribution in [3.05, 3.63) is 91.3 Å². The molecule has 1 amide bonds. The Morgan fingerprint density at radius 2 is 1.48 bits per heavy atom. The van der Waals surface area contributed by atoms with Gasteiger partial charge in [0.15, 0.2) is 18.1 Å². The van der Waals surface area contributed by atoms with Gasteiger partial charge >= 0.3 is 0 Å². The van der Waals surface area contributed by atoms with E-state index in [-0.39, 0.29) is 12.5 Å². The number of carbonyl (C=O) groups excluding carboxylic acids is 1. The van der Waals surface area contributed by atoms with Gasteiger partial charge in [-0.25, -0.2) is 9.97 Å². The SMILES string of the molecule is CCOc1ccccc1OCC(=O)Nc1ccc(Nc2cc(-c3ccccc3)ncn2)cc1. The lowest BCUT2D eigenvalue weighted by atomic mass is 10.1. The molecular weight excluding hydrogens is 416 g/mol. The highest BCUT2D eigenvalue weighted by molar-refractivity contribution is 5.92. The minimum absolute atomic E-state index is 0.118. The molecule has 2 N–H and O–H groups in total. The van der Waals surface area contributed by atoms with Gasteiger partial charge in [-0.05, 0) is 43.3 Å². The van der Waals surface area contributed by atoms with Crippen LogP contribution in [0.25, 0.3) is 11.3 Å². The first-order valence-corrected chi connectivity index (χ1v) is 10.6. The van der Waals surface area contributed by atoms with E-state index in [1.54, 1.807) is 6.07 Å². The zero-order valence-electron chi connectivity index (χ0n) is 18.2. The average Bonchev–Trinajstić information content (AvgIpc) is 2.86. The largest absolute Gasteiger partial charge is 0.490 e. The zero-order chi connectivity index (χ0) is 22.9. The lowest BCUT2D eigenvalue weighted by molar-refractivity contribution is -0.118. The third-order valence-corrected chi connectivity index (χ3v) is 4.69. The van der Waals surface area contributed by atoms with Crippen LogP contribution >= 0.6 is 0 Å². The van der Waals surface area contributed by atoms with Crippen LogP contribution in [0.5, 0.6) is 11.5 Å². The molecule has 7 heteroatoms. The van der Waals surface area contributed by atoms with Gasteiger partial charge in [0.2, 0.25) is 0 Å². The number of rotatable bonds is 9. The number of anilines is 3. The van der Waals surface area contributed by atoms with Gasteiger partial charge in [0, 0.05) is 23.0 Å². The fraction of sp³-hybridized carbons (Fsp3) is 0.115. The Bertz CT molecular complexity index is 1200. The number of ether oxygens (including phenoxy) is 2. The highest BCUT2D eigenvalue weighted by atomic mass is 16.5. The second-order valence-corrected chi connectivity index (χ2v) is 7.07. The average molecular weight is 441 g/mol. The summed E-state index contributed by atoms with van der Waals surface area (Å²) < 4.78 is 11.1. The number of hydrogen-bond donors (Lipinski definition) is 2. The van der Waals surface area contributed by atoms with Crippen molar-refractivity contribution in [1.29, 1.82) is 0 Å². The summed E-state index contributed by atoms with van der Waals surface area (Å²) in [6.07, 6.45) is 1.53. The predicted octanol–water partition coefficient (Wildman–Crippen LogP) is 5.30. The van der Waals surface area contributed by atoms with Crippen LogP contribution < -0.4 is 20.1 Å². The topological polar surface area (TPSA) is 85.4 Å². The minimum Gasteiger partial charge on any atom is -0.490 e. The van der Waals surface area contributed by atoms with Crippen LogP contribution in [-0.4, -0.2) is 29.1 Å². The summed E-state index contributed by atoms with van der Waals surface area (Å²) in [5.74, 6) is 1.57. The maximum atomic E-state index is 12.3. The zero-order valence-corrected chi connectivity index (χ0v) is 18.2. The van der Waals surface area contributed by atoms with Gasteiger partial charge < -0.3 is 20.1 Å². The molecule has 0 saturated heterocycles. The molecule has 1 aromatic heterocycles. The number of nitrogens with one attached hydrogen (secondary N) is 2. The molecule has 0 fully saturated rings. The Hall–Kier alpha value is -4.39. The van der Waals surface area contributed by atoms with Crippen LogP contribution in [0.3, 0.4) is 0 Å². The van der Waals surface area contributed by atoms with Crippen molar-refractivity contribution in [1.82, 2.24) is 9.97 Å². The molecule has 0 aliphatic carbocycles. The quantitative estimate of drug-likeness (QED) is 0.367. The van der Waals surface area contributed by atoms with Gasteiger partial charge in [0.05, 0.1) is 12.3 Å². The first-order chi connectivity index (χ1) is 16.2. The number of para-hydroxylation sites is 2. The van der Waals surface area contributed by atoms with Crippen LogP contribution in [-0.2, 0) is 4.79 Å². The van der Waals surface area contributed by atoms with Crippen molar-refractivity contribution >= 4 is 23.1 Å². The van der Waals surface area contributed by atoms with Crippen LogP contribution in [0, 0.1) is 0 Å². The van der Waals surface area contributed by atoms with E-state index in [4.69, 9.17) is 9.47 Å². The number of aromatic nitrogens is 2. The summed E-state index contributed by atoms with van der Waals surface area (Å²) in [5, 5.41) is 6.08. The molecule has 1 heterocycles. The van der Waals surface area contributed by atoms with E-state index < -0.39 is 0 Å². The molecule has 0 bridgehead atoms. The molecule has 4 aromatic rings. The van der Waals surface area contributed by atoms with Crippen molar-refractivity contribution in [3.63, 3.8) is 0 Å². The maximum absolute atomic E-state index is 12.3. The first kappa shape index (κ1) is 21.8. The standard InChI is InChI=1S/C26H24N4O3/c1-2-32-23-10-6-7-11-24(23)33-17-26(31)30-21-14-12-20(13-15-21)29-25-16-22(27-18-28-25)19-8-4-3-5-9-19/h3-16,18H,2,17H2,1H3,(H,30,31)(H,27,28,29). The molecule has 0 saturated carbocycles. The third-order valence-electron chi connectivity index (χ3n) is 4.69. The molecule has 0 spiro atoms. The fourth-order valence-corrected chi connectivity index (χ4v) is 3.16. The lowest BCUT2D eigenvalue weighted by Crippen LogP contribution is -2.20. The summed E-state index contributed by atoms with van der Waals surface area (Å²) in [7, 11) is 0. The van der Waals surface area contributed by atoms with Crippen LogP contribution in [0.2, 0.25) is 0 Å². The van der Waals surface area contributed by atoms with E-state index in [1.165, 1.54) is 6.33 Å². The number of nitrogens with zero attached hydrogens (tertiary/aromatic N) is 2. The summed E-state index contributed by atoms with van der Waals surface area (Å²) in [4.78, 5) is 20.9. The molecule has 7 nitrogen and oxygen atoms in total. The summed E-state index contributed by atoms with van der Waals surface area (Å²) in [5.41, 5.74) is 3.36. The minimum atomic E-state index is -0.259. The monoisotopic (exact) mass is 440 g/mol. The molecule has 33 heavy (non-hydrogen) atoms. The Balaban J connectivity index is 1.33. The Morgan fingerprint density at radius 3 is 2.21 bits per heavy atom. The molecule has 0 atom stereocenters. The predicted molar refractivity (Wildman–Crippen MR) is 129 cm³/mol. The van der Waals surface area contributed by atoms with Crippen LogP contribution in [0.15, 0.2) is 91.3 Å². The van der Waals surface area contributed by atoms with Crippen molar-refractivity contribution < 1.29 is 14.3 Å². The number of hydrogen-bond acceptors (Lipinski definition) is 6. The van der Waals surface area contributed by atoms with Gasteiger partial charge in [-0.3, -0.25) is 4.79 Å². The van der Waals surface area contributed by atoms with Gasteiger partial charge in [-0.15, -0.1) is 0 Å². The number of carbonyl (C=O) groups is 1. The Labute approximate surface area is 192 Å². The Kier molecular flexibility index (Phi) is 7.12. The summed E-state index contributed by atoms with van der Waals surface area (Å²) >= 11 is 0. The number of amides is 1. The highest BCUT2D eigenvalue weighted by Crippen LogP contribution is 2.26. The van der Waals surface area contributed by atoms with Gasteiger partial charge in [-0.2, -0.15) is 0 Å². The maximum Gasteiger partial charge on any atom is 0.262 e. The van der Waals surface area contributed by atoms with E-state index in [9.17, 15) is 4.79 Å². The highest BCUT2D eigenvalue weighted by Gasteiger charge is 2.08. The molecule has 0 radical (unpaired) electrons. The smallest absolute Gasteiger partial charge is 0.262 e. The van der Waals surface area contributed by atoms with Crippen LogP contribution in [0.4, 0.5) is 17.2 Å². The van der Waals surface area contributed by atoms with E-state index in [0.717, 1.165) is 16.9 Å². The second-order valence-electron chi connectivity index (χ2n) is 7.07. The van der Waals surface area contributed by atoms with E-state index in [0.29, 0.717) is 29.6 Å². The second kappa shape index (κ2) is 10.8. The van der Waals surface area contributed by atoms with E-state index in [2.05, 4.69) is 20.6 Å².